The van der Waals surface area contributed by atoms with E-state index in [9.17, 15) is 18.0 Å². The van der Waals surface area contributed by atoms with Crippen LogP contribution in [0.4, 0.5) is 5.69 Å². The van der Waals surface area contributed by atoms with E-state index < -0.39 is 26.5 Å². The molecule has 7 nitrogen and oxygen atoms in total. The SMILES string of the molecule is COC(=O)c1ccc2oc(=O)c(S(=O)(=O)Nc3ccccc3)cc2c1. The molecule has 0 radical (unpaired) electrons. The molecule has 0 bridgehead atoms. The summed E-state index contributed by atoms with van der Waals surface area (Å²) < 4.78 is 36.9. The lowest BCUT2D eigenvalue weighted by Crippen LogP contribution is -2.20. The smallest absolute Gasteiger partial charge is 0.357 e. The Morgan fingerprint density at radius 2 is 1.80 bits per heavy atom. The molecular formula is C17H13NO6S. The molecule has 0 amide bonds. The van der Waals surface area contributed by atoms with Crippen molar-refractivity contribution in [3.05, 3.63) is 70.6 Å². The molecule has 2 aromatic carbocycles. The number of carbonyl (C=O) groups excluding carboxylic acids is 1. The molecule has 0 aliphatic rings. The Hall–Kier alpha value is -3.13. The number of esters is 1. The summed E-state index contributed by atoms with van der Waals surface area (Å²) in [7, 11) is -2.91. The van der Waals surface area contributed by atoms with Gasteiger partial charge in [0, 0.05) is 11.1 Å². The molecule has 1 heterocycles. The molecule has 3 rings (SSSR count). The van der Waals surface area contributed by atoms with E-state index in [1.165, 1.54) is 31.4 Å². The van der Waals surface area contributed by atoms with Gasteiger partial charge in [0.15, 0.2) is 4.90 Å². The molecule has 8 heteroatoms. The Labute approximate surface area is 142 Å². The van der Waals surface area contributed by atoms with Crippen LogP contribution in [0, 0.1) is 0 Å². The zero-order valence-electron chi connectivity index (χ0n) is 13.1. The van der Waals surface area contributed by atoms with Gasteiger partial charge in [-0.3, -0.25) is 4.72 Å². The molecule has 0 aliphatic heterocycles. The number of sulfonamides is 1. The van der Waals surface area contributed by atoms with E-state index in [0.29, 0.717) is 5.69 Å². The number of ether oxygens (including phenoxy) is 1. The van der Waals surface area contributed by atoms with E-state index in [4.69, 9.17) is 4.42 Å². The molecule has 0 unspecified atom stereocenters. The van der Waals surface area contributed by atoms with Crippen molar-refractivity contribution < 1.29 is 22.4 Å². The predicted molar refractivity (Wildman–Crippen MR) is 91.1 cm³/mol. The molecule has 0 fully saturated rings. The first kappa shape index (κ1) is 16.7. The quantitative estimate of drug-likeness (QED) is 0.567. The van der Waals surface area contributed by atoms with E-state index in [2.05, 4.69) is 9.46 Å². The fraction of sp³-hybridized carbons (Fsp3) is 0.0588. The highest BCUT2D eigenvalue weighted by atomic mass is 32.2. The largest absolute Gasteiger partial charge is 0.465 e. The summed E-state index contributed by atoms with van der Waals surface area (Å²) in [6, 6.07) is 13.5. The highest BCUT2D eigenvalue weighted by molar-refractivity contribution is 7.92. The third kappa shape index (κ3) is 3.38. The van der Waals surface area contributed by atoms with Crippen LogP contribution in [0.25, 0.3) is 11.0 Å². The number of rotatable bonds is 4. The monoisotopic (exact) mass is 359 g/mol. The summed E-state index contributed by atoms with van der Waals surface area (Å²) >= 11 is 0. The van der Waals surface area contributed by atoms with Gasteiger partial charge < -0.3 is 9.15 Å². The number of benzene rings is 2. The lowest BCUT2D eigenvalue weighted by Gasteiger charge is -2.08. The van der Waals surface area contributed by atoms with Gasteiger partial charge in [0.05, 0.1) is 12.7 Å². The van der Waals surface area contributed by atoms with Crippen molar-refractivity contribution in [3.63, 3.8) is 0 Å². The van der Waals surface area contributed by atoms with Crippen LogP contribution in [0.3, 0.4) is 0 Å². The molecule has 0 saturated heterocycles. The highest BCUT2D eigenvalue weighted by Crippen LogP contribution is 2.20. The van der Waals surface area contributed by atoms with Gasteiger partial charge in [0.25, 0.3) is 10.0 Å². The molecule has 0 atom stereocenters. The van der Waals surface area contributed by atoms with Crippen molar-refractivity contribution >= 4 is 32.6 Å². The number of para-hydroxylation sites is 1. The average molecular weight is 359 g/mol. The van der Waals surface area contributed by atoms with Gasteiger partial charge >= 0.3 is 11.6 Å². The van der Waals surface area contributed by atoms with Gasteiger partial charge in [-0.2, -0.15) is 0 Å². The van der Waals surface area contributed by atoms with E-state index in [-0.39, 0.29) is 16.5 Å². The van der Waals surface area contributed by atoms with Gasteiger partial charge in [-0.25, -0.2) is 18.0 Å². The maximum atomic E-state index is 12.5. The van der Waals surface area contributed by atoms with Crippen LogP contribution in [0.1, 0.15) is 10.4 Å². The second-order valence-electron chi connectivity index (χ2n) is 5.11. The van der Waals surface area contributed by atoms with Gasteiger partial charge in [-0.1, -0.05) is 18.2 Å². The lowest BCUT2D eigenvalue weighted by molar-refractivity contribution is 0.0601. The Kier molecular flexibility index (Phi) is 4.28. The van der Waals surface area contributed by atoms with Crippen LogP contribution in [-0.2, 0) is 14.8 Å². The normalized spacial score (nSPS) is 11.2. The highest BCUT2D eigenvalue weighted by Gasteiger charge is 2.21. The standard InChI is InChI=1S/C17H13NO6S/c1-23-16(19)11-7-8-14-12(9-11)10-15(17(20)24-14)25(21,22)18-13-5-3-2-4-6-13/h2-10,18H,1H3. The van der Waals surface area contributed by atoms with Crippen molar-refractivity contribution in [1.29, 1.82) is 0 Å². The van der Waals surface area contributed by atoms with Crippen LogP contribution in [0.2, 0.25) is 0 Å². The Bertz CT molecular complexity index is 1100. The average Bonchev–Trinajstić information content (AvgIpc) is 2.60. The number of methoxy groups -OCH3 is 1. The summed E-state index contributed by atoms with van der Waals surface area (Å²) in [5, 5.41) is 0.288. The topological polar surface area (TPSA) is 103 Å². The van der Waals surface area contributed by atoms with Crippen molar-refractivity contribution in [2.45, 2.75) is 4.90 Å². The first-order valence-corrected chi connectivity index (χ1v) is 8.63. The fourth-order valence-electron chi connectivity index (χ4n) is 2.25. The minimum atomic E-state index is -4.15. The van der Waals surface area contributed by atoms with Crippen molar-refractivity contribution in [3.8, 4) is 0 Å². The molecule has 3 aromatic rings. The minimum Gasteiger partial charge on any atom is -0.465 e. The molecule has 25 heavy (non-hydrogen) atoms. The third-order valence-electron chi connectivity index (χ3n) is 3.44. The Morgan fingerprint density at radius 3 is 2.48 bits per heavy atom. The molecule has 128 valence electrons. The number of carbonyl (C=O) groups is 1. The minimum absolute atomic E-state index is 0.163. The van der Waals surface area contributed by atoms with E-state index in [0.717, 1.165) is 0 Å². The lowest BCUT2D eigenvalue weighted by atomic mass is 10.1. The maximum Gasteiger partial charge on any atom is 0.357 e. The number of anilines is 1. The van der Waals surface area contributed by atoms with Gasteiger partial charge in [-0.05, 0) is 36.4 Å². The number of hydrogen-bond acceptors (Lipinski definition) is 6. The van der Waals surface area contributed by atoms with Crippen LogP contribution in [0.5, 0.6) is 0 Å². The molecule has 1 aromatic heterocycles. The van der Waals surface area contributed by atoms with Gasteiger partial charge in [0.1, 0.15) is 5.58 Å². The van der Waals surface area contributed by atoms with E-state index >= 15 is 0 Å². The van der Waals surface area contributed by atoms with Crippen LogP contribution >= 0.6 is 0 Å². The van der Waals surface area contributed by atoms with E-state index in [1.54, 1.807) is 30.3 Å². The maximum absolute atomic E-state index is 12.5. The second kappa shape index (κ2) is 6.40. The summed E-state index contributed by atoms with van der Waals surface area (Å²) in [4.78, 5) is 23.1. The number of nitrogens with one attached hydrogen (secondary N) is 1. The summed E-state index contributed by atoms with van der Waals surface area (Å²) in [6.07, 6.45) is 0. The van der Waals surface area contributed by atoms with Crippen molar-refractivity contribution in [2.24, 2.45) is 0 Å². The number of hydrogen-bond donors (Lipinski definition) is 1. The van der Waals surface area contributed by atoms with Crippen molar-refractivity contribution in [2.75, 3.05) is 11.8 Å². The zero-order valence-corrected chi connectivity index (χ0v) is 13.9. The molecular weight excluding hydrogens is 346 g/mol. The summed E-state index contributed by atoms with van der Waals surface area (Å²) in [5.74, 6) is -0.583. The first-order valence-electron chi connectivity index (χ1n) is 7.15. The second-order valence-corrected chi connectivity index (χ2v) is 6.76. The molecule has 0 spiro atoms. The third-order valence-corrected chi connectivity index (χ3v) is 4.80. The van der Waals surface area contributed by atoms with Crippen LogP contribution in [-0.4, -0.2) is 21.5 Å². The van der Waals surface area contributed by atoms with Gasteiger partial charge in [-0.15, -0.1) is 0 Å². The predicted octanol–water partition coefficient (Wildman–Crippen LogP) is 2.38. The van der Waals surface area contributed by atoms with E-state index in [1.807, 2.05) is 0 Å². The summed E-state index contributed by atoms with van der Waals surface area (Å²) in [5.41, 5.74) is -0.313. The van der Waals surface area contributed by atoms with Crippen LogP contribution in [0.15, 0.2) is 68.7 Å². The summed E-state index contributed by atoms with van der Waals surface area (Å²) in [6.45, 7) is 0. The zero-order chi connectivity index (χ0) is 18.0. The molecule has 0 aliphatic carbocycles. The van der Waals surface area contributed by atoms with Gasteiger partial charge in [0.2, 0.25) is 0 Å². The molecule has 1 N–H and O–H groups in total. The molecule has 0 saturated carbocycles. The number of fused-ring (bicyclic) bond motifs is 1. The van der Waals surface area contributed by atoms with Crippen molar-refractivity contribution in [1.82, 2.24) is 0 Å². The Balaban J connectivity index is 2.10. The van der Waals surface area contributed by atoms with Crippen LogP contribution < -0.4 is 10.3 Å². The first-order chi connectivity index (χ1) is 11.9. The Morgan fingerprint density at radius 1 is 1.08 bits per heavy atom. The fourth-order valence-corrected chi connectivity index (χ4v) is 3.35.